The van der Waals surface area contributed by atoms with Crippen molar-refractivity contribution in [2.24, 2.45) is 11.8 Å². The zero-order chi connectivity index (χ0) is 20.0. The monoisotopic (exact) mass is 378 g/mol. The van der Waals surface area contributed by atoms with Crippen LogP contribution >= 0.6 is 0 Å². The minimum Gasteiger partial charge on any atom is -0.493 e. The number of carbonyl (C=O) groups is 1. The summed E-state index contributed by atoms with van der Waals surface area (Å²) >= 11 is 0. The predicted molar refractivity (Wildman–Crippen MR) is 108 cm³/mol. The van der Waals surface area contributed by atoms with E-state index in [1.807, 2.05) is 11.8 Å². The van der Waals surface area contributed by atoms with Crippen LogP contribution in [-0.4, -0.2) is 54.5 Å². The van der Waals surface area contributed by atoms with E-state index in [1.54, 1.807) is 0 Å². The number of piperidine rings is 1. The maximum absolute atomic E-state index is 13.3. The first-order chi connectivity index (χ1) is 12.8. The maximum atomic E-state index is 13.3. The molecule has 0 bridgehead atoms. The predicted octanol–water partition coefficient (Wildman–Crippen LogP) is 4.31. The summed E-state index contributed by atoms with van der Waals surface area (Å²) in [5, 5.41) is 0. The van der Waals surface area contributed by atoms with Crippen LogP contribution in [0.3, 0.4) is 0 Å². The zero-order valence-electron chi connectivity index (χ0n) is 17.2. The van der Waals surface area contributed by atoms with Crippen LogP contribution < -0.4 is 0 Å². The number of likely N-dealkylation sites (tertiary alicyclic amines) is 1. The smallest absolute Gasteiger partial charge is 0.236 e. The first kappa shape index (κ1) is 21.7. The van der Waals surface area contributed by atoms with Gasteiger partial charge in [0.1, 0.15) is 11.6 Å². The molecular weight excluding hydrogens is 343 g/mol. The van der Waals surface area contributed by atoms with E-state index in [1.165, 1.54) is 6.08 Å². The summed E-state index contributed by atoms with van der Waals surface area (Å²) in [6.07, 6.45) is 5.55. The van der Waals surface area contributed by atoms with Crippen LogP contribution in [-0.2, 0) is 9.53 Å². The highest BCUT2D eigenvalue weighted by molar-refractivity contribution is 5.78. The Hall–Kier alpha value is -1.62. The minimum absolute atomic E-state index is 0.203. The van der Waals surface area contributed by atoms with E-state index in [2.05, 4.69) is 31.9 Å². The van der Waals surface area contributed by atoms with Crippen LogP contribution in [0.1, 0.15) is 46.5 Å². The molecule has 2 aliphatic rings. The third-order valence-electron chi connectivity index (χ3n) is 5.50. The van der Waals surface area contributed by atoms with E-state index in [0.29, 0.717) is 30.7 Å². The molecule has 1 saturated heterocycles. The Balaban J connectivity index is 1.77. The van der Waals surface area contributed by atoms with E-state index in [0.717, 1.165) is 50.9 Å². The fourth-order valence-corrected chi connectivity index (χ4v) is 3.63. The topological polar surface area (TPSA) is 32.8 Å². The van der Waals surface area contributed by atoms with Gasteiger partial charge in [0, 0.05) is 18.7 Å². The number of halogens is 1. The highest BCUT2D eigenvalue weighted by Gasteiger charge is 2.29. The number of hydrogen-bond acceptors (Lipinski definition) is 3. The van der Waals surface area contributed by atoms with Gasteiger partial charge in [-0.05, 0) is 77.0 Å². The summed E-state index contributed by atoms with van der Waals surface area (Å²) in [4.78, 5) is 16.6. The summed E-state index contributed by atoms with van der Waals surface area (Å²) in [5.74, 6) is 1.12. The van der Waals surface area contributed by atoms with E-state index >= 15 is 0 Å². The van der Waals surface area contributed by atoms with Gasteiger partial charge in [-0.3, -0.25) is 9.69 Å². The molecular formula is C22H35FN2O2. The van der Waals surface area contributed by atoms with E-state index in [4.69, 9.17) is 4.74 Å². The highest BCUT2D eigenvalue weighted by Crippen LogP contribution is 2.39. The molecule has 0 aromatic heterocycles. The lowest BCUT2D eigenvalue weighted by Crippen LogP contribution is -2.46. The molecule has 4 nitrogen and oxygen atoms in total. The number of ether oxygens (including phenoxy) is 1. The number of hydrogen-bond donors (Lipinski definition) is 0. The molecule has 1 heterocycles. The van der Waals surface area contributed by atoms with Gasteiger partial charge in [-0.15, -0.1) is 0 Å². The second kappa shape index (κ2) is 10.1. The lowest BCUT2D eigenvalue weighted by atomic mass is 9.97. The largest absolute Gasteiger partial charge is 0.493 e. The number of likely N-dealkylation sites (N-methyl/N-ethyl adjacent to an activating group) is 1. The molecule has 5 heteroatoms. The summed E-state index contributed by atoms with van der Waals surface area (Å²) in [7, 11) is 0. The van der Waals surface area contributed by atoms with Gasteiger partial charge in [0.2, 0.25) is 5.91 Å². The van der Waals surface area contributed by atoms with Crippen molar-refractivity contribution in [1.29, 1.82) is 0 Å². The van der Waals surface area contributed by atoms with Crippen LogP contribution in [0.4, 0.5) is 4.39 Å². The Morgan fingerprint density at radius 3 is 2.37 bits per heavy atom. The SMILES string of the molecule is C=C(F)/C=C(/OCC1CCN(CC(=O)N(CC)C(C)C)CC1)C(=C)C1CC1. The molecule has 1 aliphatic heterocycles. The fraction of sp³-hybridized carbons (Fsp3) is 0.682. The van der Waals surface area contributed by atoms with Gasteiger partial charge >= 0.3 is 0 Å². The normalized spacial score (nSPS) is 19.2. The van der Waals surface area contributed by atoms with Gasteiger partial charge in [-0.2, -0.15) is 0 Å². The second-order valence-corrected chi connectivity index (χ2v) is 8.06. The minimum atomic E-state index is -0.495. The van der Waals surface area contributed by atoms with Crippen molar-refractivity contribution in [2.45, 2.75) is 52.5 Å². The van der Waals surface area contributed by atoms with Gasteiger partial charge in [0.05, 0.1) is 13.2 Å². The fourth-order valence-electron chi connectivity index (χ4n) is 3.63. The van der Waals surface area contributed by atoms with Crippen LogP contribution in [0.2, 0.25) is 0 Å². The molecule has 0 aromatic carbocycles. The van der Waals surface area contributed by atoms with E-state index < -0.39 is 5.83 Å². The standard InChI is InChI=1S/C22H35FN2O2/c1-6-25(16(2)3)22(26)14-24-11-9-19(10-12-24)15-27-21(13-17(4)23)18(5)20-7-8-20/h13,16,19-20H,4-12,14-15H2,1-3H3/b21-13+. The quantitative estimate of drug-likeness (QED) is 0.420. The molecule has 1 aliphatic carbocycles. The number of allylic oxidation sites excluding steroid dienone is 3. The zero-order valence-corrected chi connectivity index (χ0v) is 17.2. The number of amides is 1. The molecule has 0 radical (unpaired) electrons. The molecule has 0 N–H and O–H groups in total. The van der Waals surface area contributed by atoms with Crippen molar-refractivity contribution < 1.29 is 13.9 Å². The van der Waals surface area contributed by atoms with Crippen molar-refractivity contribution in [2.75, 3.05) is 32.8 Å². The number of nitrogens with zero attached hydrogens (tertiary/aromatic N) is 2. The first-order valence-corrected chi connectivity index (χ1v) is 10.2. The molecule has 0 spiro atoms. The van der Waals surface area contributed by atoms with Crippen molar-refractivity contribution in [3.8, 4) is 0 Å². The maximum Gasteiger partial charge on any atom is 0.236 e. The van der Waals surface area contributed by atoms with Crippen LogP contribution in [0.5, 0.6) is 0 Å². The molecule has 0 unspecified atom stereocenters. The molecule has 0 aromatic rings. The van der Waals surface area contributed by atoms with E-state index in [9.17, 15) is 9.18 Å². The number of rotatable bonds is 10. The van der Waals surface area contributed by atoms with Crippen LogP contribution in [0.25, 0.3) is 0 Å². The van der Waals surface area contributed by atoms with Gasteiger partial charge in [0.15, 0.2) is 0 Å². The highest BCUT2D eigenvalue weighted by atomic mass is 19.1. The third kappa shape index (κ3) is 6.80. The average Bonchev–Trinajstić information content (AvgIpc) is 3.44. The van der Waals surface area contributed by atoms with E-state index in [-0.39, 0.29) is 11.9 Å². The Morgan fingerprint density at radius 2 is 1.89 bits per heavy atom. The molecule has 27 heavy (non-hydrogen) atoms. The molecule has 152 valence electrons. The molecule has 1 saturated carbocycles. The summed E-state index contributed by atoms with van der Waals surface area (Å²) in [6.45, 7) is 17.1. The molecule has 2 rings (SSSR count). The van der Waals surface area contributed by atoms with Gasteiger partial charge in [-0.1, -0.05) is 13.2 Å². The summed E-state index contributed by atoms with van der Waals surface area (Å²) < 4.78 is 19.2. The van der Waals surface area contributed by atoms with Crippen molar-refractivity contribution >= 4 is 5.91 Å². The lowest BCUT2D eigenvalue weighted by Gasteiger charge is -2.34. The Kier molecular flexibility index (Phi) is 8.08. The lowest BCUT2D eigenvalue weighted by molar-refractivity contribution is -0.134. The van der Waals surface area contributed by atoms with Gasteiger partial charge < -0.3 is 9.64 Å². The van der Waals surface area contributed by atoms with Crippen molar-refractivity contribution in [1.82, 2.24) is 9.80 Å². The average molecular weight is 379 g/mol. The number of carbonyl (C=O) groups excluding carboxylic acids is 1. The Labute approximate surface area is 163 Å². The molecule has 0 atom stereocenters. The third-order valence-corrected chi connectivity index (χ3v) is 5.50. The molecule has 1 amide bonds. The van der Waals surface area contributed by atoms with Crippen LogP contribution in [0.15, 0.2) is 36.4 Å². The summed E-state index contributed by atoms with van der Waals surface area (Å²) in [6, 6.07) is 0.239. The Morgan fingerprint density at radius 1 is 1.26 bits per heavy atom. The Bertz CT molecular complexity index is 573. The second-order valence-electron chi connectivity index (χ2n) is 8.06. The van der Waals surface area contributed by atoms with Gasteiger partial charge in [0.25, 0.3) is 0 Å². The molecule has 2 fully saturated rings. The van der Waals surface area contributed by atoms with Gasteiger partial charge in [-0.25, -0.2) is 4.39 Å². The van der Waals surface area contributed by atoms with Crippen molar-refractivity contribution in [3.63, 3.8) is 0 Å². The van der Waals surface area contributed by atoms with Crippen LogP contribution in [0, 0.1) is 11.8 Å². The first-order valence-electron chi connectivity index (χ1n) is 10.2. The van der Waals surface area contributed by atoms with Crippen molar-refractivity contribution in [3.05, 3.63) is 36.4 Å². The summed E-state index contributed by atoms with van der Waals surface area (Å²) in [5.41, 5.74) is 0.894.